The van der Waals surface area contributed by atoms with Gasteiger partial charge < -0.3 is 9.64 Å². The van der Waals surface area contributed by atoms with Gasteiger partial charge in [-0.25, -0.2) is 4.98 Å². The van der Waals surface area contributed by atoms with Crippen LogP contribution in [0, 0.1) is 5.92 Å². The molecule has 0 spiro atoms. The molecule has 18 heavy (non-hydrogen) atoms. The van der Waals surface area contributed by atoms with E-state index >= 15 is 0 Å². The Bertz CT molecular complexity index is 378. The van der Waals surface area contributed by atoms with Crippen LogP contribution in [0.15, 0.2) is 18.2 Å². The molecule has 0 radical (unpaired) electrons. The Morgan fingerprint density at radius 1 is 1.28 bits per heavy atom. The second-order valence-electron chi connectivity index (χ2n) is 4.92. The Balaban J connectivity index is 2.18. The van der Waals surface area contributed by atoms with Crippen molar-refractivity contribution in [3.8, 4) is 0 Å². The fourth-order valence-corrected chi connectivity index (χ4v) is 3.22. The first-order valence-corrected chi connectivity index (χ1v) is 7.83. The van der Waals surface area contributed by atoms with E-state index in [1.165, 1.54) is 5.69 Å². The second-order valence-corrected chi connectivity index (χ2v) is 5.90. The fourth-order valence-electron chi connectivity index (χ4n) is 2.30. The minimum absolute atomic E-state index is 0.478. The maximum atomic E-state index is 5.38. The van der Waals surface area contributed by atoms with E-state index in [4.69, 9.17) is 9.72 Å². The highest BCUT2D eigenvalue weighted by atomic mass is 32.2. The van der Waals surface area contributed by atoms with Crippen LogP contribution >= 0.6 is 11.8 Å². The van der Waals surface area contributed by atoms with Gasteiger partial charge in [-0.3, -0.25) is 0 Å². The first kappa shape index (κ1) is 13.7. The highest BCUT2D eigenvalue weighted by Crippen LogP contribution is 2.33. The van der Waals surface area contributed by atoms with E-state index in [-0.39, 0.29) is 0 Å². The van der Waals surface area contributed by atoms with Crippen LogP contribution in [0.3, 0.4) is 0 Å². The summed E-state index contributed by atoms with van der Waals surface area (Å²) in [4.78, 5) is 7.15. The SMILES string of the molecule is CS[C@@H](c1cccc(N2CCOCC2)n1)C(C)C. The molecule has 0 aliphatic carbocycles. The van der Waals surface area contributed by atoms with Gasteiger partial charge in [-0.05, 0) is 24.3 Å². The van der Waals surface area contributed by atoms with Crippen molar-refractivity contribution >= 4 is 17.6 Å². The maximum absolute atomic E-state index is 5.38. The van der Waals surface area contributed by atoms with Crippen molar-refractivity contribution < 1.29 is 4.74 Å². The summed E-state index contributed by atoms with van der Waals surface area (Å²) in [5.74, 6) is 1.70. The Morgan fingerprint density at radius 2 is 2.00 bits per heavy atom. The van der Waals surface area contributed by atoms with Gasteiger partial charge in [0.15, 0.2) is 0 Å². The van der Waals surface area contributed by atoms with Gasteiger partial charge in [0.05, 0.1) is 18.9 Å². The van der Waals surface area contributed by atoms with Gasteiger partial charge >= 0.3 is 0 Å². The summed E-state index contributed by atoms with van der Waals surface area (Å²) in [5.41, 5.74) is 1.20. The van der Waals surface area contributed by atoms with Crippen LogP contribution in [0.1, 0.15) is 24.8 Å². The van der Waals surface area contributed by atoms with E-state index in [9.17, 15) is 0 Å². The normalized spacial score (nSPS) is 18.1. The van der Waals surface area contributed by atoms with E-state index in [0.29, 0.717) is 11.2 Å². The van der Waals surface area contributed by atoms with Gasteiger partial charge in [0.25, 0.3) is 0 Å². The average Bonchev–Trinajstić information content (AvgIpc) is 2.40. The minimum atomic E-state index is 0.478. The highest BCUT2D eigenvalue weighted by Gasteiger charge is 2.18. The summed E-state index contributed by atoms with van der Waals surface area (Å²) in [5, 5.41) is 0.478. The number of thioether (sulfide) groups is 1. The van der Waals surface area contributed by atoms with Crippen molar-refractivity contribution in [2.24, 2.45) is 5.92 Å². The third kappa shape index (κ3) is 3.18. The molecule has 0 N–H and O–H groups in total. The predicted molar refractivity (Wildman–Crippen MR) is 78.4 cm³/mol. The van der Waals surface area contributed by atoms with Crippen LogP contribution in [0.25, 0.3) is 0 Å². The number of hydrogen-bond donors (Lipinski definition) is 0. The summed E-state index contributed by atoms with van der Waals surface area (Å²) in [7, 11) is 0. The second kappa shape index (κ2) is 6.43. The molecule has 0 saturated carbocycles. The van der Waals surface area contributed by atoms with Crippen LogP contribution in [0.2, 0.25) is 0 Å². The Labute approximate surface area is 114 Å². The molecule has 0 bridgehead atoms. The Hall–Kier alpha value is -0.740. The number of nitrogens with zero attached hydrogens (tertiary/aromatic N) is 2. The number of morpholine rings is 1. The summed E-state index contributed by atoms with van der Waals surface area (Å²) in [6.07, 6.45) is 2.16. The number of pyridine rings is 1. The van der Waals surface area contributed by atoms with Crippen molar-refractivity contribution in [1.29, 1.82) is 0 Å². The lowest BCUT2D eigenvalue weighted by Crippen LogP contribution is -2.36. The molecule has 2 heterocycles. The average molecular weight is 266 g/mol. The van der Waals surface area contributed by atoms with E-state index in [1.54, 1.807) is 0 Å². The lowest BCUT2D eigenvalue weighted by Gasteiger charge is -2.28. The molecule has 1 aromatic rings. The smallest absolute Gasteiger partial charge is 0.129 e. The van der Waals surface area contributed by atoms with Crippen LogP contribution in [-0.2, 0) is 4.74 Å². The molecule has 4 heteroatoms. The lowest BCUT2D eigenvalue weighted by molar-refractivity contribution is 0.122. The van der Waals surface area contributed by atoms with Gasteiger partial charge in [-0.15, -0.1) is 0 Å². The molecule has 1 atom stereocenters. The van der Waals surface area contributed by atoms with Gasteiger partial charge in [0.2, 0.25) is 0 Å². The highest BCUT2D eigenvalue weighted by molar-refractivity contribution is 7.98. The largest absolute Gasteiger partial charge is 0.378 e. The zero-order valence-corrected chi connectivity index (χ0v) is 12.2. The van der Waals surface area contributed by atoms with Crippen LogP contribution < -0.4 is 4.90 Å². The Morgan fingerprint density at radius 3 is 2.61 bits per heavy atom. The summed E-state index contributed by atoms with van der Waals surface area (Å²) >= 11 is 1.88. The van der Waals surface area contributed by atoms with Crippen molar-refractivity contribution in [2.75, 3.05) is 37.5 Å². The first-order chi connectivity index (χ1) is 8.72. The molecule has 3 nitrogen and oxygen atoms in total. The number of aromatic nitrogens is 1. The van der Waals surface area contributed by atoms with Crippen molar-refractivity contribution in [2.45, 2.75) is 19.1 Å². The quantitative estimate of drug-likeness (QED) is 0.836. The number of hydrogen-bond acceptors (Lipinski definition) is 4. The lowest BCUT2D eigenvalue weighted by atomic mass is 10.1. The zero-order chi connectivity index (χ0) is 13.0. The zero-order valence-electron chi connectivity index (χ0n) is 11.4. The molecule has 0 amide bonds. The molecular weight excluding hydrogens is 244 g/mol. The first-order valence-electron chi connectivity index (χ1n) is 6.55. The molecule has 1 saturated heterocycles. The van der Waals surface area contributed by atoms with E-state index < -0.39 is 0 Å². The van der Waals surface area contributed by atoms with Gasteiger partial charge in [0, 0.05) is 18.3 Å². The minimum Gasteiger partial charge on any atom is -0.378 e. The van der Waals surface area contributed by atoms with E-state index in [0.717, 1.165) is 32.1 Å². The molecule has 1 aromatic heterocycles. The maximum Gasteiger partial charge on any atom is 0.129 e. The molecule has 100 valence electrons. The third-order valence-corrected chi connectivity index (χ3v) is 4.54. The predicted octanol–water partition coefficient (Wildman–Crippen LogP) is 2.98. The van der Waals surface area contributed by atoms with Crippen molar-refractivity contribution in [1.82, 2.24) is 4.98 Å². The Kier molecular flexibility index (Phi) is 4.89. The fraction of sp³-hybridized carbons (Fsp3) is 0.643. The number of rotatable bonds is 4. The third-order valence-electron chi connectivity index (χ3n) is 3.24. The topological polar surface area (TPSA) is 25.4 Å². The number of anilines is 1. The van der Waals surface area contributed by atoms with Crippen LogP contribution in [0.4, 0.5) is 5.82 Å². The van der Waals surface area contributed by atoms with Gasteiger partial charge in [-0.1, -0.05) is 19.9 Å². The monoisotopic (exact) mass is 266 g/mol. The summed E-state index contributed by atoms with van der Waals surface area (Å²) in [6, 6.07) is 6.37. The van der Waals surface area contributed by atoms with E-state index in [1.807, 2.05) is 11.8 Å². The molecular formula is C14H22N2OS. The van der Waals surface area contributed by atoms with Crippen LogP contribution in [-0.4, -0.2) is 37.5 Å². The van der Waals surface area contributed by atoms with Crippen molar-refractivity contribution in [3.05, 3.63) is 23.9 Å². The standard InChI is InChI=1S/C14H22N2OS/c1-11(2)14(18-3)12-5-4-6-13(15-12)16-7-9-17-10-8-16/h4-6,11,14H,7-10H2,1-3H3/t14-/m1/s1. The van der Waals surface area contributed by atoms with Crippen LogP contribution in [0.5, 0.6) is 0 Å². The molecule has 1 aliphatic heterocycles. The molecule has 0 unspecified atom stereocenters. The van der Waals surface area contributed by atoms with Gasteiger partial charge in [-0.2, -0.15) is 11.8 Å². The summed E-state index contributed by atoms with van der Waals surface area (Å²) < 4.78 is 5.38. The van der Waals surface area contributed by atoms with Gasteiger partial charge in [0.1, 0.15) is 5.82 Å². The van der Waals surface area contributed by atoms with Crippen molar-refractivity contribution in [3.63, 3.8) is 0 Å². The molecule has 0 aromatic carbocycles. The van der Waals surface area contributed by atoms with E-state index in [2.05, 4.69) is 43.2 Å². The molecule has 1 fully saturated rings. The summed E-state index contributed by atoms with van der Waals surface area (Å²) in [6.45, 7) is 8.02. The molecule has 1 aliphatic rings. The molecule has 2 rings (SSSR count). The number of ether oxygens (including phenoxy) is 1.